The summed E-state index contributed by atoms with van der Waals surface area (Å²) in [4.78, 5) is 39.2. The first kappa shape index (κ1) is 21.3. The molecule has 1 atom stereocenters. The number of nitrogens with zero attached hydrogens (tertiary/aromatic N) is 1. The number of amides is 1. The molecule has 0 spiro atoms. The van der Waals surface area contributed by atoms with Crippen molar-refractivity contribution in [1.82, 2.24) is 0 Å². The summed E-state index contributed by atoms with van der Waals surface area (Å²) in [6.45, 7) is 0. The number of anilines is 1. The lowest BCUT2D eigenvalue weighted by Gasteiger charge is -2.25. The number of hydrogen-bond donors (Lipinski definition) is 1. The molecule has 1 fully saturated rings. The third kappa shape index (κ3) is 3.76. The summed E-state index contributed by atoms with van der Waals surface area (Å²) in [5.74, 6) is -2.38. The molecule has 1 aliphatic rings. The van der Waals surface area contributed by atoms with E-state index in [9.17, 15) is 19.5 Å². The van der Waals surface area contributed by atoms with Crippen LogP contribution in [0.4, 0.5) is 5.69 Å². The van der Waals surface area contributed by atoms with Crippen LogP contribution in [-0.4, -0.2) is 29.9 Å². The molecule has 160 valence electrons. The molecule has 1 N–H and O–H groups in total. The van der Waals surface area contributed by atoms with Crippen molar-refractivity contribution >= 4 is 40.7 Å². The highest BCUT2D eigenvalue weighted by Crippen LogP contribution is 2.42. The third-order valence-electron chi connectivity index (χ3n) is 5.24. The molecule has 7 heteroatoms. The highest BCUT2D eigenvalue weighted by atomic mass is 35.5. The van der Waals surface area contributed by atoms with E-state index in [1.165, 1.54) is 24.1 Å². The number of rotatable bonds is 4. The molecule has 6 nitrogen and oxygen atoms in total. The average molecular weight is 448 g/mol. The number of ether oxygens (including phenoxy) is 1. The number of hydrogen-bond acceptors (Lipinski definition) is 5. The van der Waals surface area contributed by atoms with Crippen molar-refractivity contribution in [3.05, 3.63) is 106 Å². The molecular weight excluding hydrogens is 430 g/mol. The summed E-state index contributed by atoms with van der Waals surface area (Å²) >= 11 is 5.94. The smallest absolute Gasteiger partial charge is 0.337 e. The van der Waals surface area contributed by atoms with Crippen LogP contribution in [0, 0.1) is 0 Å². The predicted octanol–water partition coefficient (Wildman–Crippen LogP) is 4.75. The van der Waals surface area contributed by atoms with Gasteiger partial charge in [0.25, 0.3) is 11.7 Å². The zero-order chi connectivity index (χ0) is 22.8. The van der Waals surface area contributed by atoms with Gasteiger partial charge in [0.2, 0.25) is 0 Å². The number of aliphatic hydroxyl groups is 1. The lowest BCUT2D eigenvalue weighted by molar-refractivity contribution is -0.132. The van der Waals surface area contributed by atoms with E-state index in [2.05, 4.69) is 0 Å². The second kappa shape index (κ2) is 8.69. The topological polar surface area (TPSA) is 83.9 Å². The summed E-state index contributed by atoms with van der Waals surface area (Å²) in [6.07, 6.45) is 0. The Morgan fingerprint density at radius 2 is 1.50 bits per heavy atom. The third-order valence-corrected chi connectivity index (χ3v) is 5.50. The van der Waals surface area contributed by atoms with Crippen molar-refractivity contribution in [2.45, 2.75) is 6.04 Å². The second-order valence-electron chi connectivity index (χ2n) is 7.13. The molecule has 1 heterocycles. The van der Waals surface area contributed by atoms with Crippen molar-refractivity contribution in [3.8, 4) is 0 Å². The van der Waals surface area contributed by atoms with Gasteiger partial charge < -0.3 is 9.84 Å². The SMILES string of the molecule is COC(=O)c1ccc(N2C(=O)C(=O)/C(=C(/O)c3ccc(Cl)cc3)C2c2ccccc2)cc1. The van der Waals surface area contributed by atoms with Gasteiger partial charge in [0.15, 0.2) is 0 Å². The lowest BCUT2D eigenvalue weighted by Crippen LogP contribution is -2.29. The van der Waals surface area contributed by atoms with E-state index in [1.54, 1.807) is 60.7 Å². The average Bonchev–Trinajstić information content (AvgIpc) is 3.09. The highest BCUT2D eigenvalue weighted by molar-refractivity contribution is 6.51. The number of methoxy groups -OCH3 is 1. The minimum absolute atomic E-state index is 0.0273. The molecule has 0 aliphatic carbocycles. The van der Waals surface area contributed by atoms with Gasteiger partial charge in [-0.15, -0.1) is 0 Å². The molecule has 1 amide bonds. The number of aliphatic hydroxyl groups excluding tert-OH is 1. The fourth-order valence-electron chi connectivity index (χ4n) is 3.69. The highest BCUT2D eigenvalue weighted by Gasteiger charge is 2.46. The van der Waals surface area contributed by atoms with Crippen LogP contribution < -0.4 is 4.90 Å². The van der Waals surface area contributed by atoms with E-state index in [4.69, 9.17) is 16.3 Å². The Balaban J connectivity index is 1.87. The molecule has 1 aliphatic heterocycles. The van der Waals surface area contributed by atoms with Gasteiger partial charge in [-0.1, -0.05) is 41.9 Å². The standard InChI is InChI=1S/C25H18ClNO5/c1-32-25(31)17-9-13-19(14-10-17)27-21(15-5-3-2-4-6-15)20(23(29)24(27)30)22(28)16-7-11-18(26)12-8-16/h2-14,21,28H,1H3/b22-20+. The second-order valence-corrected chi connectivity index (χ2v) is 7.56. The van der Waals surface area contributed by atoms with Crippen molar-refractivity contribution in [2.24, 2.45) is 0 Å². The maximum Gasteiger partial charge on any atom is 0.337 e. The van der Waals surface area contributed by atoms with Gasteiger partial charge in [0, 0.05) is 16.3 Å². The van der Waals surface area contributed by atoms with Gasteiger partial charge in [-0.05, 0) is 54.1 Å². The zero-order valence-corrected chi connectivity index (χ0v) is 17.7. The molecule has 3 aromatic rings. The summed E-state index contributed by atoms with van der Waals surface area (Å²) < 4.78 is 4.71. The normalized spacial score (nSPS) is 17.4. The van der Waals surface area contributed by atoms with Crippen LogP contribution >= 0.6 is 11.6 Å². The summed E-state index contributed by atoms with van der Waals surface area (Å²) in [5.41, 5.74) is 1.71. The molecular formula is C25H18ClNO5. The Morgan fingerprint density at radius 1 is 0.906 bits per heavy atom. The number of Topliss-reactive ketones (excluding diaryl/α,β-unsaturated/α-hetero) is 1. The molecule has 1 unspecified atom stereocenters. The van der Waals surface area contributed by atoms with E-state index >= 15 is 0 Å². The lowest BCUT2D eigenvalue weighted by atomic mass is 9.95. The minimum Gasteiger partial charge on any atom is -0.507 e. The van der Waals surface area contributed by atoms with E-state index < -0.39 is 23.7 Å². The summed E-state index contributed by atoms with van der Waals surface area (Å²) in [6, 6.07) is 20.6. The fraction of sp³-hybridized carbons (Fsp3) is 0.0800. The van der Waals surface area contributed by atoms with Crippen LogP contribution in [0.3, 0.4) is 0 Å². The van der Waals surface area contributed by atoms with E-state index in [1.807, 2.05) is 6.07 Å². The van der Waals surface area contributed by atoms with Crippen molar-refractivity contribution in [1.29, 1.82) is 0 Å². The van der Waals surface area contributed by atoms with Crippen molar-refractivity contribution in [3.63, 3.8) is 0 Å². The zero-order valence-electron chi connectivity index (χ0n) is 17.0. The first-order valence-electron chi connectivity index (χ1n) is 9.72. The monoisotopic (exact) mass is 447 g/mol. The summed E-state index contributed by atoms with van der Waals surface area (Å²) in [7, 11) is 1.28. The largest absolute Gasteiger partial charge is 0.507 e. The van der Waals surface area contributed by atoms with Crippen LogP contribution in [0.15, 0.2) is 84.4 Å². The quantitative estimate of drug-likeness (QED) is 0.270. The van der Waals surface area contributed by atoms with Gasteiger partial charge in [0.1, 0.15) is 5.76 Å². The number of esters is 1. The van der Waals surface area contributed by atoms with Gasteiger partial charge in [-0.25, -0.2) is 4.79 Å². The Hall–Kier alpha value is -3.90. The molecule has 4 rings (SSSR count). The molecule has 32 heavy (non-hydrogen) atoms. The number of benzene rings is 3. The van der Waals surface area contributed by atoms with Crippen molar-refractivity contribution < 1.29 is 24.2 Å². The molecule has 0 aromatic heterocycles. The number of carbonyl (C=O) groups excluding carboxylic acids is 3. The van der Waals surface area contributed by atoms with Crippen molar-refractivity contribution in [2.75, 3.05) is 12.0 Å². The Bertz CT molecular complexity index is 1220. The number of ketones is 1. The van der Waals surface area contributed by atoms with Crippen LogP contribution in [0.1, 0.15) is 27.5 Å². The molecule has 1 saturated heterocycles. The van der Waals surface area contributed by atoms with E-state index in [0.29, 0.717) is 27.4 Å². The molecule has 3 aromatic carbocycles. The van der Waals surface area contributed by atoms with Gasteiger partial charge in [0.05, 0.1) is 24.3 Å². The first-order chi connectivity index (χ1) is 15.4. The van der Waals surface area contributed by atoms with E-state index in [-0.39, 0.29) is 11.3 Å². The Kier molecular flexibility index (Phi) is 5.79. The molecule has 0 bridgehead atoms. The number of carbonyl (C=O) groups is 3. The van der Waals surface area contributed by atoms with Crippen LogP contribution in [-0.2, 0) is 14.3 Å². The van der Waals surface area contributed by atoms with Crippen LogP contribution in [0.25, 0.3) is 5.76 Å². The van der Waals surface area contributed by atoms with Crippen LogP contribution in [0.2, 0.25) is 5.02 Å². The Labute approximate surface area is 189 Å². The maximum atomic E-state index is 13.1. The van der Waals surface area contributed by atoms with Gasteiger partial charge >= 0.3 is 5.97 Å². The fourth-order valence-corrected chi connectivity index (χ4v) is 3.81. The molecule has 0 radical (unpaired) electrons. The maximum absolute atomic E-state index is 13.1. The Morgan fingerprint density at radius 3 is 2.09 bits per heavy atom. The molecule has 0 saturated carbocycles. The van der Waals surface area contributed by atoms with E-state index in [0.717, 1.165) is 0 Å². The minimum atomic E-state index is -0.851. The summed E-state index contributed by atoms with van der Waals surface area (Å²) in [5, 5.41) is 11.5. The first-order valence-corrected chi connectivity index (χ1v) is 10.1. The number of halogens is 1. The predicted molar refractivity (Wildman–Crippen MR) is 120 cm³/mol. The van der Waals surface area contributed by atoms with Gasteiger partial charge in [-0.3, -0.25) is 14.5 Å². The van der Waals surface area contributed by atoms with Gasteiger partial charge in [-0.2, -0.15) is 0 Å². The van der Waals surface area contributed by atoms with Crippen LogP contribution in [0.5, 0.6) is 0 Å².